The van der Waals surface area contributed by atoms with Crippen molar-refractivity contribution in [2.75, 3.05) is 29.9 Å². The second kappa shape index (κ2) is 9.05. The number of carbonyl (C=O) groups is 2. The van der Waals surface area contributed by atoms with E-state index in [-0.39, 0.29) is 17.9 Å². The van der Waals surface area contributed by atoms with Crippen molar-refractivity contribution < 1.29 is 19.2 Å². The summed E-state index contributed by atoms with van der Waals surface area (Å²) in [6.07, 6.45) is 5.70. The Morgan fingerprint density at radius 1 is 1.19 bits per heavy atom. The highest BCUT2D eigenvalue weighted by molar-refractivity contribution is 7.17. The molecule has 0 saturated carbocycles. The molecule has 0 spiro atoms. The van der Waals surface area contributed by atoms with Crippen LogP contribution in [0.2, 0.25) is 0 Å². The number of carbonyl (C=O) groups excluding carboxylic acids is 2. The molecule has 2 heterocycles. The lowest BCUT2D eigenvalue weighted by Crippen LogP contribution is -2.20. The second-order valence-corrected chi connectivity index (χ2v) is 8.85. The van der Waals surface area contributed by atoms with Crippen LogP contribution in [0, 0.1) is 10.1 Å². The number of nitrogens with one attached hydrogen (secondary N) is 1. The van der Waals surface area contributed by atoms with Crippen LogP contribution in [0.5, 0.6) is 0 Å². The van der Waals surface area contributed by atoms with Crippen molar-refractivity contribution in [2.45, 2.75) is 45.4 Å². The Hall–Kier alpha value is -2.94. The molecule has 0 bridgehead atoms. The van der Waals surface area contributed by atoms with E-state index in [1.165, 1.54) is 17.4 Å². The summed E-state index contributed by atoms with van der Waals surface area (Å²) in [6, 6.07) is 4.57. The van der Waals surface area contributed by atoms with Gasteiger partial charge in [0, 0.05) is 29.6 Å². The van der Waals surface area contributed by atoms with Gasteiger partial charge >= 0.3 is 5.97 Å². The zero-order valence-electron chi connectivity index (χ0n) is 17.4. The van der Waals surface area contributed by atoms with E-state index >= 15 is 0 Å². The molecule has 1 saturated heterocycles. The quantitative estimate of drug-likeness (QED) is 0.399. The smallest absolute Gasteiger partial charge is 0.341 e. The van der Waals surface area contributed by atoms with Crippen LogP contribution < -0.4 is 10.2 Å². The molecule has 0 atom stereocenters. The number of benzene rings is 1. The SMILES string of the molecule is CCOC(=O)c1c(NC(=O)c2ccc(N3CCCC3)c([N+](=O)[O-])c2)sc2c1CCCC2. The van der Waals surface area contributed by atoms with Gasteiger partial charge in [-0.05, 0) is 63.1 Å². The monoisotopic (exact) mass is 443 g/mol. The molecule has 1 amide bonds. The van der Waals surface area contributed by atoms with E-state index in [4.69, 9.17) is 4.74 Å². The molecule has 31 heavy (non-hydrogen) atoms. The molecule has 164 valence electrons. The van der Waals surface area contributed by atoms with Gasteiger partial charge in [-0.2, -0.15) is 0 Å². The number of esters is 1. The molecule has 1 aliphatic carbocycles. The Kier molecular flexibility index (Phi) is 6.22. The average Bonchev–Trinajstić information content (AvgIpc) is 3.41. The molecule has 2 aliphatic rings. The molecular weight excluding hydrogens is 418 g/mol. The molecule has 0 radical (unpaired) electrons. The van der Waals surface area contributed by atoms with Crippen LogP contribution in [0.25, 0.3) is 0 Å². The van der Waals surface area contributed by atoms with Gasteiger partial charge in [0.1, 0.15) is 10.7 Å². The summed E-state index contributed by atoms with van der Waals surface area (Å²) in [5.41, 5.74) is 2.04. The fourth-order valence-corrected chi connectivity index (χ4v) is 5.56. The minimum atomic E-state index is -0.472. The third-order valence-electron chi connectivity index (χ3n) is 5.76. The molecule has 1 aromatic carbocycles. The van der Waals surface area contributed by atoms with Gasteiger partial charge in [-0.25, -0.2) is 4.79 Å². The number of rotatable bonds is 6. The van der Waals surface area contributed by atoms with Crippen LogP contribution in [-0.2, 0) is 17.6 Å². The van der Waals surface area contributed by atoms with Crippen molar-refractivity contribution in [3.8, 4) is 0 Å². The first-order valence-electron chi connectivity index (χ1n) is 10.7. The lowest BCUT2D eigenvalue weighted by Gasteiger charge is -2.17. The van der Waals surface area contributed by atoms with Crippen molar-refractivity contribution in [2.24, 2.45) is 0 Å². The third kappa shape index (κ3) is 4.27. The number of amides is 1. The van der Waals surface area contributed by atoms with Crippen molar-refractivity contribution in [1.29, 1.82) is 0 Å². The Labute approximate surface area is 184 Å². The van der Waals surface area contributed by atoms with Crippen LogP contribution in [-0.4, -0.2) is 36.5 Å². The second-order valence-electron chi connectivity index (χ2n) is 7.74. The van der Waals surface area contributed by atoms with E-state index < -0.39 is 16.8 Å². The zero-order valence-corrected chi connectivity index (χ0v) is 18.3. The van der Waals surface area contributed by atoms with Gasteiger partial charge in [-0.15, -0.1) is 11.3 Å². The van der Waals surface area contributed by atoms with E-state index in [0.717, 1.165) is 62.1 Å². The van der Waals surface area contributed by atoms with Crippen molar-refractivity contribution >= 4 is 39.6 Å². The minimum absolute atomic E-state index is 0.0781. The molecule has 1 fully saturated rings. The summed E-state index contributed by atoms with van der Waals surface area (Å²) in [7, 11) is 0. The van der Waals surface area contributed by atoms with E-state index in [1.54, 1.807) is 19.1 Å². The van der Waals surface area contributed by atoms with Crippen LogP contribution in [0.1, 0.15) is 63.8 Å². The third-order valence-corrected chi connectivity index (χ3v) is 6.97. The van der Waals surface area contributed by atoms with E-state index in [9.17, 15) is 19.7 Å². The lowest BCUT2D eigenvalue weighted by molar-refractivity contribution is -0.384. The molecule has 2 aromatic rings. The standard InChI is InChI=1S/C22H25N3O5S/c1-2-30-22(27)19-15-7-3-4-8-18(15)31-21(19)23-20(26)14-9-10-16(17(13-14)25(28)29)24-11-5-6-12-24/h9-10,13H,2-8,11-12H2,1H3,(H,23,26). The van der Waals surface area contributed by atoms with Gasteiger partial charge in [0.25, 0.3) is 11.6 Å². The fourth-order valence-electron chi connectivity index (χ4n) is 4.28. The Morgan fingerprint density at radius 2 is 1.94 bits per heavy atom. The van der Waals surface area contributed by atoms with Crippen molar-refractivity contribution in [3.63, 3.8) is 0 Å². The number of anilines is 2. The summed E-state index contributed by atoms with van der Waals surface area (Å²) < 4.78 is 5.23. The van der Waals surface area contributed by atoms with E-state index in [1.807, 2.05) is 4.90 Å². The summed E-state index contributed by atoms with van der Waals surface area (Å²) in [6.45, 7) is 3.54. The maximum atomic E-state index is 13.0. The molecule has 1 N–H and O–H groups in total. The predicted molar refractivity (Wildman–Crippen MR) is 119 cm³/mol. The predicted octanol–water partition coefficient (Wildman–Crippen LogP) is 4.56. The van der Waals surface area contributed by atoms with Crippen LogP contribution >= 0.6 is 11.3 Å². The largest absolute Gasteiger partial charge is 0.462 e. The van der Waals surface area contributed by atoms with Gasteiger partial charge in [-0.1, -0.05) is 0 Å². The summed E-state index contributed by atoms with van der Waals surface area (Å²) in [5, 5.41) is 14.9. The van der Waals surface area contributed by atoms with Crippen LogP contribution in [0.3, 0.4) is 0 Å². The van der Waals surface area contributed by atoms with Gasteiger partial charge < -0.3 is 15.0 Å². The number of nitrogens with zero attached hydrogens (tertiary/aromatic N) is 2. The number of ether oxygens (including phenoxy) is 1. The zero-order chi connectivity index (χ0) is 22.0. The topological polar surface area (TPSA) is 102 Å². The van der Waals surface area contributed by atoms with E-state index in [2.05, 4.69) is 5.32 Å². The Bertz CT molecular complexity index is 1030. The van der Waals surface area contributed by atoms with Crippen molar-refractivity contribution in [3.05, 3.63) is 49.9 Å². The van der Waals surface area contributed by atoms with Crippen LogP contribution in [0.4, 0.5) is 16.4 Å². The number of fused-ring (bicyclic) bond motifs is 1. The average molecular weight is 444 g/mol. The fraction of sp³-hybridized carbons (Fsp3) is 0.455. The minimum Gasteiger partial charge on any atom is -0.462 e. The number of nitro benzene ring substituents is 1. The molecule has 0 unspecified atom stereocenters. The molecule has 4 rings (SSSR count). The maximum absolute atomic E-state index is 13.0. The Balaban J connectivity index is 1.64. The highest BCUT2D eigenvalue weighted by Gasteiger charge is 2.28. The van der Waals surface area contributed by atoms with E-state index in [0.29, 0.717) is 16.3 Å². The number of thiophene rings is 1. The summed E-state index contributed by atoms with van der Waals surface area (Å²) in [4.78, 5) is 39.8. The number of hydrogen-bond acceptors (Lipinski definition) is 7. The first-order chi connectivity index (χ1) is 15.0. The van der Waals surface area contributed by atoms with Gasteiger partial charge in [0.15, 0.2) is 0 Å². The molecule has 8 nitrogen and oxygen atoms in total. The molecule has 9 heteroatoms. The molecular formula is C22H25N3O5S. The van der Waals surface area contributed by atoms with Gasteiger partial charge in [-0.3, -0.25) is 14.9 Å². The normalized spacial score (nSPS) is 15.5. The lowest BCUT2D eigenvalue weighted by atomic mass is 9.95. The van der Waals surface area contributed by atoms with Gasteiger partial charge in [0.2, 0.25) is 0 Å². The summed E-state index contributed by atoms with van der Waals surface area (Å²) in [5.74, 6) is -0.909. The highest BCUT2D eigenvalue weighted by atomic mass is 32.1. The number of aryl methyl sites for hydroxylation is 1. The first kappa shape index (κ1) is 21.3. The van der Waals surface area contributed by atoms with Gasteiger partial charge in [0.05, 0.1) is 17.1 Å². The van der Waals surface area contributed by atoms with Crippen LogP contribution in [0.15, 0.2) is 18.2 Å². The maximum Gasteiger partial charge on any atom is 0.341 e. The highest BCUT2D eigenvalue weighted by Crippen LogP contribution is 2.39. The molecule has 1 aromatic heterocycles. The molecule has 1 aliphatic heterocycles. The van der Waals surface area contributed by atoms with Crippen molar-refractivity contribution in [1.82, 2.24) is 0 Å². The first-order valence-corrected chi connectivity index (χ1v) is 11.5. The number of nitro groups is 1. The summed E-state index contributed by atoms with van der Waals surface area (Å²) >= 11 is 1.40. The number of hydrogen-bond donors (Lipinski definition) is 1. The Morgan fingerprint density at radius 3 is 2.65 bits per heavy atom.